The Hall–Kier alpha value is -2.73. The van der Waals surface area contributed by atoms with Gasteiger partial charge < -0.3 is 10.1 Å². The lowest BCUT2D eigenvalue weighted by Crippen LogP contribution is -2.05. The summed E-state index contributed by atoms with van der Waals surface area (Å²) in [6, 6.07) is 14.0. The van der Waals surface area contributed by atoms with Crippen molar-refractivity contribution in [2.75, 3.05) is 5.32 Å². The van der Waals surface area contributed by atoms with Crippen LogP contribution in [-0.4, -0.2) is 10.9 Å². The second kappa shape index (κ2) is 7.23. The highest BCUT2D eigenvalue weighted by Gasteiger charge is 2.11. The number of nitrogens with one attached hydrogen (secondary N) is 1. The van der Waals surface area contributed by atoms with Crippen LogP contribution in [0.4, 0.5) is 10.1 Å². The number of carbonyl (C=O) groups excluding carboxylic acids is 1. The van der Waals surface area contributed by atoms with E-state index < -0.39 is 5.82 Å². The Bertz CT molecular complexity index is 849. The number of hydrogen-bond donors (Lipinski definition) is 1. The number of hydrogen-bond acceptors (Lipinski definition) is 4. The van der Waals surface area contributed by atoms with Gasteiger partial charge in [0.15, 0.2) is 0 Å². The van der Waals surface area contributed by atoms with Crippen LogP contribution >= 0.6 is 11.3 Å². The molecule has 0 unspecified atom stereocenters. The Balaban J connectivity index is 1.72. The summed E-state index contributed by atoms with van der Waals surface area (Å²) in [5, 5.41) is 5.11. The molecule has 0 aliphatic rings. The van der Waals surface area contributed by atoms with Crippen molar-refractivity contribution in [1.29, 1.82) is 0 Å². The molecule has 3 aromatic rings. The van der Waals surface area contributed by atoms with Gasteiger partial charge >= 0.3 is 0 Å². The van der Waals surface area contributed by atoms with Crippen LogP contribution in [0, 0.1) is 5.82 Å². The Morgan fingerprint density at radius 2 is 2.04 bits per heavy atom. The molecule has 0 radical (unpaired) electrons. The number of nitrogens with zero attached hydrogens (tertiary/aromatic N) is 1. The van der Waals surface area contributed by atoms with Crippen LogP contribution in [0.15, 0.2) is 53.9 Å². The summed E-state index contributed by atoms with van der Waals surface area (Å²) in [7, 11) is 0. The number of benzene rings is 2. The third-order valence-electron chi connectivity index (χ3n) is 3.22. The predicted molar refractivity (Wildman–Crippen MR) is 92.6 cm³/mol. The van der Waals surface area contributed by atoms with Gasteiger partial charge in [-0.3, -0.25) is 4.79 Å². The number of thiazole rings is 1. The molecule has 0 aliphatic carbocycles. The van der Waals surface area contributed by atoms with E-state index in [1.165, 1.54) is 24.3 Å². The third-order valence-corrected chi connectivity index (χ3v) is 4.04. The minimum atomic E-state index is -0.429. The van der Waals surface area contributed by atoms with Crippen LogP contribution in [0.25, 0.3) is 11.3 Å². The van der Waals surface area contributed by atoms with E-state index in [2.05, 4.69) is 10.3 Å². The number of carbonyl (C=O) groups is 1. The van der Waals surface area contributed by atoms with Gasteiger partial charge in [0.1, 0.15) is 23.2 Å². The monoisotopic (exact) mass is 342 g/mol. The van der Waals surface area contributed by atoms with Crippen LogP contribution < -0.4 is 10.1 Å². The van der Waals surface area contributed by atoms with Gasteiger partial charge in [-0.2, -0.15) is 0 Å². The number of para-hydroxylation sites is 1. The highest BCUT2D eigenvalue weighted by molar-refractivity contribution is 7.09. The predicted octanol–water partition coefficient (Wildman–Crippen LogP) is 4.49. The van der Waals surface area contributed by atoms with Crippen molar-refractivity contribution >= 4 is 22.9 Å². The first-order valence-corrected chi connectivity index (χ1v) is 8.19. The Morgan fingerprint density at radius 1 is 1.25 bits per heavy atom. The molecule has 6 heteroatoms. The summed E-state index contributed by atoms with van der Waals surface area (Å²) < 4.78 is 19.9. The minimum Gasteiger partial charge on any atom is -0.486 e. The maximum Gasteiger partial charge on any atom is 0.221 e. The molecule has 122 valence electrons. The van der Waals surface area contributed by atoms with Crippen LogP contribution in [0.1, 0.15) is 11.9 Å². The van der Waals surface area contributed by atoms with Gasteiger partial charge in [-0.05, 0) is 30.3 Å². The molecule has 0 bridgehead atoms. The van der Waals surface area contributed by atoms with Crippen molar-refractivity contribution in [1.82, 2.24) is 4.98 Å². The van der Waals surface area contributed by atoms with Crippen molar-refractivity contribution < 1.29 is 13.9 Å². The van der Waals surface area contributed by atoms with E-state index in [-0.39, 0.29) is 5.91 Å². The molecule has 0 aliphatic heterocycles. The molecule has 3 rings (SSSR count). The molecule has 1 N–H and O–H groups in total. The molecule has 1 heterocycles. The largest absolute Gasteiger partial charge is 0.486 e. The first kappa shape index (κ1) is 16.1. The zero-order valence-electron chi connectivity index (χ0n) is 13.0. The van der Waals surface area contributed by atoms with Gasteiger partial charge in [0.2, 0.25) is 5.91 Å². The first-order valence-electron chi connectivity index (χ1n) is 7.31. The van der Waals surface area contributed by atoms with Crippen LogP contribution in [0.2, 0.25) is 0 Å². The fraction of sp³-hybridized carbons (Fsp3) is 0.111. The van der Waals surface area contributed by atoms with Gasteiger partial charge in [-0.25, -0.2) is 9.37 Å². The van der Waals surface area contributed by atoms with E-state index in [1.54, 1.807) is 17.5 Å². The van der Waals surface area contributed by atoms with Crippen molar-refractivity contribution in [3.63, 3.8) is 0 Å². The summed E-state index contributed by atoms with van der Waals surface area (Å²) in [4.78, 5) is 15.4. The number of aromatic nitrogens is 1. The van der Waals surface area contributed by atoms with E-state index in [1.807, 2.05) is 30.3 Å². The highest BCUT2D eigenvalue weighted by Crippen LogP contribution is 2.27. The summed E-state index contributed by atoms with van der Waals surface area (Å²) in [6.07, 6.45) is 0. The molecule has 1 aromatic heterocycles. The Morgan fingerprint density at radius 3 is 2.75 bits per heavy atom. The van der Waals surface area contributed by atoms with E-state index in [4.69, 9.17) is 4.74 Å². The average Bonchev–Trinajstić information content (AvgIpc) is 3.02. The van der Waals surface area contributed by atoms with Crippen molar-refractivity contribution in [3.05, 3.63) is 64.7 Å². The fourth-order valence-corrected chi connectivity index (χ4v) is 2.87. The first-order chi connectivity index (χ1) is 11.6. The standard InChI is InChI=1S/C18H15FN2O2S/c1-12(22)20-13-7-8-15(16(19)9-13)17-11-24-18(21-17)10-23-14-5-3-2-4-6-14/h2-9,11H,10H2,1H3,(H,20,22). The zero-order chi connectivity index (χ0) is 16.9. The summed E-state index contributed by atoms with van der Waals surface area (Å²) in [5.41, 5.74) is 1.37. The molecule has 0 fully saturated rings. The molecule has 2 aromatic carbocycles. The summed E-state index contributed by atoms with van der Waals surface area (Å²) >= 11 is 1.41. The van der Waals surface area contributed by atoms with Crippen molar-refractivity contribution in [2.24, 2.45) is 0 Å². The van der Waals surface area contributed by atoms with Gasteiger partial charge in [0.25, 0.3) is 0 Å². The lowest BCUT2D eigenvalue weighted by molar-refractivity contribution is -0.114. The van der Waals surface area contributed by atoms with E-state index in [0.717, 1.165) is 10.8 Å². The van der Waals surface area contributed by atoms with Gasteiger partial charge in [-0.1, -0.05) is 18.2 Å². The molecule has 0 saturated carbocycles. The fourth-order valence-electron chi connectivity index (χ4n) is 2.17. The van der Waals surface area contributed by atoms with E-state index >= 15 is 0 Å². The number of rotatable bonds is 5. The smallest absolute Gasteiger partial charge is 0.221 e. The number of anilines is 1. The normalized spacial score (nSPS) is 10.4. The maximum atomic E-state index is 14.2. The molecule has 0 spiro atoms. The lowest BCUT2D eigenvalue weighted by atomic mass is 10.1. The van der Waals surface area contributed by atoms with Crippen LogP contribution in [0.3, 0.4) is 0 Å². The second-order valence-corrected chi connectivity index (χ2v) is 6.05. The molecule has 1 amide bonds. The topological polar surface area (TPSA) is 51.2 Å². The molecule has 0 atom stereocenters. The van der Waals surface area contributed by atoms with Crippen molar-refractivity contribution in [2.45, 2.75) is 13.5 Å². The zero-order valence-corrected chi connectivity index (χ0v) is 13.8. The van der Waals surface area contributed by atoms with Crippen LogP contribution in [0.5, 0.6) is 5.75 Å². The van der Waals surface area contributed by atoms with E-state index in [9.17, 15) is 9.18 Å². The number of amides is 1. The molecule has 4 nitrogen and oxygen atoms in total. The molecule has 0 saturated heterocycles. The van der Waals surface area contributed by atoms with E-state index in [0.29, 0.717) is 23.6 Å². The lowest BCUT2D eigenvalue weighted by Gasteiger charge is -2.05. The molecular formula is C18H15FN2O2S. The molecular weight excluding hydrogens is 327 g/mol. The highest BCUT2D eigenvalue weighted by atomic mass is 32.1. The van der Waals surface area contributed by atoms with Gasteiger partial charge in [-0.15, -0.1) is 11.3 Å². The average molecular weight is 342 g/mol. The Labute approximate surface area is 142 Å². The quantitative estimate of drug-likeness (QED) is 0.743. The van der Waals surface area contributed by atoms with Gasteiger partial charge in [0.05, 0.1) is 5.69 Å². The maximum absolute atomic E-state index is 14.2. The van der Waals surface area contributed by atoms with Gasteiger partial charge in [0, 0.05) is 23.6 Å². The number of ether oxygens (including phenoxy) is 1. The summed E-state index contributed by atoms with van der Waals surface area (Å²) in [5.74, 6) is 0.0957. The molecule has 24 heavy (non-hydrogen) atoms. The minimum absolute atomic E-state index is 0.240. The summed E-state index contributed by atoms with van der Waals surface area (Å²) in [6.45, 7) is 1.71. The second-order valence-electron chi connectivity index (χ2n) is 5.10. The Kier molecular flexibility index (Phi) is 4.86. The van der Waals surface area contributed by atoms with Crippen LogP contribution in [-0.2, 0) is 11.4 Å². The number of halogens is 1. The SMILES string of the molecule is CC(=O)Nc1ccc(-c2csc(COc3ccccc3)n2)c(F)c1. The third kappa shape index (κ3) is 3.97. The van der Waals surface area contributed by atoms with Crippen molar-refractivity contribution in [3.8, 4) is 17.0 Å².